The Morgan fingerprint density at radius 1 is 1.50 bits per heavy atom. The third-order valence-electron chi connectivity index (χ3n) is 4.26. The van der Waals surface area contributed by atoms with Gasteiger partial charge in [0.25, 0.3) is 0 Å². The van der Waals surface area contributed by atoms with Crippen LogP contribution in [0.5, 0.6) is 0 Å². The van der Waals surface area contributed by atoms with Gasteiger partial charge in [0.05, 0.1) is 12.1 Å². The van der Waals surface area contributed by atoms with E-state index < -0.39 is 0 Å². The van der Waals surface area contributed by atoms with E-state index in [0.717, 1.165) is 32.7 Å². The van der Waals surface area contributed by atoms with Crippen LogP contribution in [0.4, 0.5) is 0 Å². The predicted octanol–water partition coefficient (Wildman–Crippen LogP) is 0.130. The number of nitrogens with zero attached hydrogens (tertiary/aromatic N) is 2. The number of likely N-dealkylation sites (tertiary alicyclic amines) is 1. The van der Waals surface area contributed by atoms with Gasteiger partial charge in [0.15, 0.2) is 0 Å². The molecule has 2 rings (SSSR count). The minimum absolute atomic E-state index is 0.134. The monoisotopic (exact) mass is 227 g/mol. The average molecular weight is 227 g/mol. The fraction of sp³-hybridized carbons (Fsp3) is 1.00. The van der Waals surface area contributed by atoms with Crippen molar-refractivity contribution in [1.82, 2.24) is 9.80 Å². The molecule has 0 radical (unpaired) electrons. The van der Waals surface area contributed by atoms with E-state index in [9.17, 15) is 0 Å². The minimum atomic E-state index is 0.134. The topological polar surface area (TPSA) is 41.7 Å². The summed E-state index contributed by atoms with van der Waals surface area (Å²) in [4.78, 5) is 4.92. The fourth-order valence-electron chi connectivity index (χ4n) is 2.94. The molecule has 2 unspecified atom stereocenters. The summed E-state index contributed by atoms with van der Waals surface area (Å²) in [7, 11) is 4.35. The number of hydrogen-bond acceptors (Lipinski definition) is 4. The van der Waals surface area contributed by atoms with E-state index in [1.807, 2.05) is 0 Å². The Balaban J connectivity index is 2.02. The van der Waals surface area contributed by atoms with E-state index in [-0.39, 0.29) is 5.54 Å². The number of likely N-dealkylation sites (N-methyl/N-ethyl adjacent to an activating group) is 1. The fourth-order valence-corrected chi connectivity index (χ4v) is 2.94. The van der Waals surface area contributed by atoms with Gasteiger partial charge in [-0.05, 0) is 39.9 Å². The normalized spacial score (nSPS) is 37.1. The number of piperidine rings is 1. The lowest BCUT2D eigenvalue weighted by molar-refractivity contribution is 0.0263. The van der Waals surface area contributed by atoms with E-state index in [1.165, 1.54) is 19.4 Å². The zero-order chi connectivity index (χ0) is 11.6. The van der Waals surface area contributed by atoms with Gasteiger partial charge < -0.3 is 15.4 Å². The zero-order valence-electron chi connectivity index (χ0n) is 10.6. The van der Waals surface area contributed by atoms with Crippen molar-refractivity contribution >= 4 is 0 Å². The van der Waals surface area contributed by atoms with Gasteiger partial charge >= 0.3 is 0 Å². The highest BCUT2D eigenvalue weighted by molar-refractivity contribution is 4.98. The van der Waals surface area contributed by atoms with Crippen molar-refractivity contribution in [2.45, 2.75) is 30.8 Å². The third kappa shape index (κ3) is 2.25. The summed E-state index contributed by atoms with van der Waals surface area (Å²) in [6.45, 7) is 4.76. The summed E-state index contributed by atoms with van der Waals surface area (Å²) in [6.07, 6.45) is 3.69. The first-order valence-corrected chi connectivity index (χ1v) is 6.37. The lowest BCUT2D eigenvalue weighted by Crippen LogP contribution is -2.60. The van der Waals surface area contributed by atoms with Crippen molar-refractivity contribution in [3.8, 4) is 0 Å². The van der Waals surface area contributed by atoms with Crippen LogP contribution in [0.15, 0.2) is 0 Å². The van der Waals surface area contributed by atoms with Crippen LogP contribution in [0.3, 0.4) is 0 Å². The van der Waals surface area contributed by atoms with Crippen LogP contribution in [0, 0.1) is 0 Å². The summed E-state index contributed by atoms with van der Waals surface area (Å²) < 4.78 is 5.57. The Bertz CT molecular complexity index is 226. The Morgan fingerprint density at radius 2 is 2.31 bits per heavy atom. The summed E-state index contributed by atoms with van der Waals surface area (Å²) >= 11 is 0. The number of hydrogen-bond donors (Lipinski definition) is 1. The highest BCUT2D eigenvalue weighted by atomic mass is 16.5. The molecule has 0 aromatic carbocycles. The zero-order valence-corrected chi connectivity index (χ0v) is 10.6. The predicted molar refractivity (Wildman–Crippen MR) is 65.5 cm³/mol. The molecule has 0 aromatic rings. The van der Waals surface area contributed by atoms with Crippen molar-refractivity contribution in [3.63, 3.8) is 0 Å². The van der Waals surface area contributed by atoms with E-state index in [4.69, 9.17) is 10.5 Å². The molecule has 0 bridgehead atoms. The molecule has 16 heavy (non-hydrogen) atoms. The molecule has 94 valence electrons. The molecule has 0 aromatic heterocycles. The standard InChI is InChI=1S/C12H25N3O/c1-14(2)11-4-3-6-15(8-11)12(9-13)5-7-16-10-12/h11H,3-10,13H2,1-2H3. The maximum Gasteiger partial charge on any atom is 0.0663 e. The van der Waals surface area contributed by atoms with Gasteiger partial charge in [0, 0.05) is 25.7 Å². The molecule has 4 heteroatoms. The largest absolute Gasteiger partial charge is 0.379 e. The molecular weight excluding hydrogens is 202 g/mol. The highest BCUT2D eigenvalue weighted by Gasteiger charge is 2.41. The van der Waals surface area contributed by atoms with Gasteiger partial charge in [-0.3, -0.25) is 4.90 Å². The SMILES string of the molecule is CN(C)C1CCCN(C2(CN)CCOC2)C1. The minimum Gasteiger partial charge on any atom is -0.379 e. The molecule has 0 saturated carbocycles. The molecule has 2 saturated heterocycles. The Morgan fingerprint density at radius 3 is 2.88 bits per heavy atom. The van der Waals surface area contributed by atoms with Crippen LogP contribution in [-0.2, 0) is 4.74 Å². The van der Waals surface area contributed by atoms with Crippen LogP contribution in [-0.4, -0.2) is 68.3 Å². The second kappa shape index (κ2) is 5.00. The molecule has 4 nitrogen and oxygen atoms in total. The van der Waals surface area contributed by atoms with Crippen LogP contribution < -0.4 is 5.73 Å². The van der Waals surface area contributed by atoms with Crippen molar-refractivity contribution in [1.29, 1.82) is 0 Å². The molecule has 2 atom stereocenters. The Labute approximate surface area is 98.7 Å². The maximum absolute atomic E-state index is 5.99. The molecule has 0 spiro atoms. The second-order valence-electron chi connectivity index (χ2n) is 5.44. The summed E-state index contributed by atoms with van der Waals surface area (Å²) in [6, 6.07) is 0.678. The van der Waals surface area contributed by atoms with Crippen LogP contribution >= 0.6 is 0 Å². The van der Waals surface area contributed by atoms with Gasteiger partial charge in [-0.2, -0.15) is 0 Å². The van der Waals surface area contributed by atoms with Gasteiger partial charge in [-0.25, -0.2) is 0 Å². The molecule has 2 N–H and O–H groups in total. The van der Waals surface area contributed by atoms with Crippen molar-refractivity contribution in [3.05, 3.63) is 0 Å². The lowest BCUT2D eigenvalue weighted by Gasteiger charge is -2.45. The number of nitrogens with two attached hydrogens (primary N) is 1. The van der Waals surface area contributed by atoms with E-state index in [1.54, 1.807) is 0 Å². The smallest absolute Gasteiger partial charge is 0.0663 e. The van der Waals surface area contributed by atoms with E-state index >= 15 is 0 Å². The van der Waals surface area contributed by atoms with Gasteiger partial charge in [-0.1, -0.05) is 0 Å². The average Bonchev–Trinajstić information content (AvgIpc) is 2.79. The quantitative estimate of drug-likeness (QED) is 0.744. The summed E-state index contributed by atoms with van der Waals surface area (Å²) in [5.41, 5.74) is 6.12. The molecule has 2 fully saturated rings. The first-order chi connectivity index (χ1) is 7.68. The Hall–Kier alpha value is -0.160. The van der Waals surface area contributed by atoms with Crippen molar-refractivity contribution in [2.75, 3.05) is 46.9 Å². The molecule has 0 amide bonds. The lowest BCUT2D eigenvalue weighted by atomic mass is 9.92. The number of ether oxygens (including phenoxy) is 1. The van der Waals surface area contributed by atoms with E-state index in [0.29, 0.717) is 6.04 Å². The van der Waals surface area contributed by atoms with Crippen molar-refractivity contribution in [2.24, 2.45) is 5.73 Å². The second-order valence-corrected chi connectivity index (χ2v) is 5.44. The van der Waals surface area contributed by atoms with Crippen LogP contribution in [0.1, 0.15) is 19.3 Å². The van der Waals surface area contributed by atoms with Gasteiger partial charge in [-0.15, -0.1) is 0 Å². The molecule has 2 heterocycles. The van der Waals surface area contributed by atoms with E-state index in [2.05, 4.69) is 23.9 Å². The molecular formula is C12H25N3O. The van der Waals surface area contributed by atoms with Crippen molar-refractivity contribution < 1.29 is 4.74 Å². The molecule has 2 aliphatic heterocycles. The van der Waals surface area contributed by atoms with Gasteiger partial charge in [0.2, 0.25) is 0 Å². The number of rotatable bonds is 3. The molecule has 2 aliphatic rings. The highest BCUT2D eigenvalue weighted by Crippen LogP contribution is 2.29. The van der Waals surface area contributed by atoms with Crippen LogP contribution in [0.2, 0.25) is 0 Å². The first-order valence-electron chi connectivity index (χ1n) is 6.37. The van der Waals surface area contributed by atoms with Crippen LogP contribution in [0.25, 0.3) is 0 Å². The third-order valence-corrected chi connectivity index (χ3v) is 4.26. The van der Waals surface area contributed by atoms with Gasteiger partial charge in [0.1, 0.15) is 0 Å². The Kier molecular flexibility index (Phi) is 3.85. The molecule has 0 aliphatic carbocycles. The summed E-state index contributed by atoms with van der Waals surface area (Å²) in [5, 5.41) is 0. The maximum atomic E-state index is 5.99. The summed E-state index contributed by atoms with van der Waals surface area (Å²) in [5.74, 6) is 0. The first kappa shape index (κ1) is 12.3.